The van der Waals surface area contributed by atoms with E-state index in [1.54, 1.807) is 0 Å². The Bertz CT molecular complexity index is 667. The van der Waals surface area contributed by atoms with Crippen LogP contribution in [0.4, 0.5) is 5.69 Å². The third-order valence-corrected chi connectivity index (χ3v) is 4.96. The molecule has 2 aromatic rings. The molecule has 1 saturated heterocycles. The van der Waals surface area contributed by atoms with Gasteiger partial charge in [0.1, 0.15) is 0 Å². The third kappa shape index (κ3) is 1.74. The Balaban J connectivity index is 1.90. The molecule has 3 heteroatoms. The number of hydrogen-bond donors (Lipinski definition) is 3. The van der Waals surface area contributed by atoms with Gasteiger partial charge in [-0.3, -0.25) is 5.32 Å². The molecular weight excluding hydrogens is 260 g/mol. The number of hydrogen-bond acceptors (Lipinski definition) is 3. The number of para-hydroxylation sites is 1. The first kappa shape index (κ1) is 12.9. The molecule has 0 bridgehead atoms. The van der Waals surface area contributed by atoms with E-state index >= 15 is 0 Å². The predicted octanol–water partition coefficient (Wildman–Crippen LogP) is 2.39. The number of nitrogens with one attached hydrogen (secondary N) is 2. The SMILES string of the molecule is Cc1ccc([C@@]23C[C@@H](CO)N[C@@H]2Nc2ccccc23)cc1. The molecule has 0 unspecified atom stereocenters. The van der Waals surface area contributed by atoms with Gasteiger partial charge in [0.15, 0.2) is 0 Å². The molecule has 2 aromatic carbocycles. The van der Waals surface area contributed by atoms with Gasteiger partial charge in [-0.2, -0.15) is 0 Å². The number of anilines is 1. The van der Waals surface area contributed by atoms with Crippen LogP contribution >= 0.6 is 0 Å². The molecule has 0 spiro atoms. The Morgan fingerprint density at radius 1 is 1.14 bits per heavy atom. The molecule has 21 heavy (non-hydrogen) atoms. The van der Waals surface area contributed by atoms with E-state index in [9.17, 15) is 5.11 Å². The topological polar surface area (TPSA) is 44.3 Å². The van der Waals surface area contributed by atoms with Crippen LogP contribution in [0, 0.1) is 6.92 Å². The fourth-order valence-corrected chi connectivity index (χ4v) is 3.94. The highest BCUT2D eigenvalue weighted by molar-refractivity contribution is 5.67. The number of aliphatic hydroxyl groups is 1. The van der Waals surface area contributed by atoms with Gasteiger partial charge in [-0.1, -0.05) is 48.0 Å². The molecule has 108 valence electrons. The lowest BCUT2D eigenvalue weighted by Crippen LogP contribution is -2.42. The zero-order chi connectivity index (χ0) is 14.4. The van der Waals surface area contributed by atoms with E-state index in [1.165, 1.54) is 22.4 Å². The van der Waals surface area contributed by atoms with E-state index in [0.29, 0.717) is 0 Å². The molecule has 0 saturated carbocycles. The first-order valence-corrected chi connectivity index (χ1v) is 7.54. The van der Waals surface area contributed by atoms with Crippen molar-refractivity contribution in [3.8, 4) is 0 Å². The third-order valence-electron chi connectivity index (χ3n) is 4.96. The van der Waals surface area contributed by atoms with E-state index in [0.717, 1.165) is 6.42 Å². The lowest BCUT2D eigenvalue weighted by Gasteiger charge is -2.30. The van der Waals surface area contributed by atoms with E-state index in [-0.39, 0.29) is 24.2 Å². The van der Waals surface area contributed by atoms with Crippen molar-refractivity contribution in [1.82, 2.24) is 5.32 Å². The number of fused-ring (bicyclic) bond motifs is 3. The Hall–Kier alpha value is -1.84. The van der Waals surface area contributed by atoms with E-state index in [1.807, 2.05) is 0 Å². The maximum atomic E-state index is 9.58. The molecule has 2 aliphatic rings. The molecule has 0 aliphatic carbocycles. The van der Waals surface area contributed by atoms with Crippen molar-refractivity contribution in [2.45, 2.75) is 31.0 Å². The Morgan fingerprint density at radius 2 is 1.90 bits per heavy atom. The van der Waals surface area contributed by atoms with Crippen LogP contribution in [0.3, 0.4) is 0 Å². The smallest absolute Gasteiger partial charge is 0.0912 e. The Kier molecular flexibility index (Phi) is 2.81. The van der Waals surface area contributed by atoms with Crippen molar-refractivity contribution >= 4 is 5.69 Å². The maximum Gasteiger partial charge on any atom is 0.0912 e. The fourth-order valence-electron chi connectivity index (χ4n) is 3.94. The summed E-state index contributed by atoms with van der Waals surface area (Å²) in [5.41, 5.74) is 5.04. The van der Waals surface area contributed by atoms with Gasteiger partial charge >= 0.3 is 0 Å². The minimum atomic E-state index is -0.0856. The zero-order valence-corrected chi connectivity index (χ0v) is 12.1. The Morgan fingerprint density at radius 3 is 2.67 bits per heavy atom. The number of rotatable bonds is 2. The summed E-state index contributed by atoms with van der Waals surface area (Å²) in [6.45, 7) is 2.29. The molecule has 2 heterocycles. The van der Waals surface area contributed by atoms with Gasteiger partial charge in [0.2, 0.25) is 0 Å². The van der Waals surface area contributed by atoms with Crippen LogP contribution < -0.4 is 10.6 Å². The van der Waals surface area contributed by atoms with Crippen LogP contribution in [0.5, 0.6) is 0 Å². The van der Waals surface area contributed by atoms with Crippen molar-refractivity contribution in [2.75, 3.05) is 11.9 Å². The molecule has 0 aromatic heterocycles. The van der Waals surface area contributed by atoms with Gasteiger partial charge in [-0.05, 0) is 30.5 Å². The number of aryl methyl sites for hydroxylation is 1. The molecule has 3 nitrogen and oxygen atoms in total. The van der Waals surface area contributed by atoms with E-state index in [2.05, 4.69) is 66.1 Å². The minimum Gasteiger partial charge on any atom is -0.395 e. The fraction of sp³-hybridized carbons (Fsp3) is 0.333. The first-order chi connectivity index (χ1) is 10.2. The second-order valence-corrected chi connectivity index (χ2v) is 6.21. The lowest BCUT2D eigenvalue weighted by molar-refractivity contribution is 0.251. The van der Waals surface area contributed by atoms with Crippen LogP contribution in [0.1, 0.15) is 23.1 Å². The summed E-state index contributed by atoms with van der Waals surface area (Å²) >= 11 is 0. The predicted molar refractivity (Wildman–Crippen MR) is 84.4 cm³/mol. The molecular formula is C18H20N2O. The number of benzene rings is 2. The van der Waals surface area contributed by atoms with Crippen LogP contribution in [0.15, 0.2) is 48.5 Å². The molecule has 1 fully saturated rings. The molecule has 0 radical (unpaired) electrons. The van der Waals surface area contributed by atoms with Crippen molar-refractivity contribution in [3.05, 3.63) is 65.2 Å². The minimum absolute atomic E-state index is 0.0856. The monoisotopic (exact) mass is 280 g/mol. The summed E-state index contributed by atoms with van der Waals surface area (Å²) < 4.78 is 0. The average molecular weight is 280 g/mol. The summed E-state index contributed by atoms with van der Waals surface area (Å²) in [7, 11) is 0. The van der Waals surface area contributed by atoms with Crippen LogP contribution in [-0.4, -0.2) is 23.9 Å². The zero-order valence-electron chi connectivity index (χ0n) is 12.1. The molecule has 2 aliphatic heterocycles. The van der Waals surface area contributed by atoms with Crippen molar-refractivity contribution in [3.63, 3.8) is 0 Å². The highest BCUT2D eigenvalue weighted by Gasteiger charge is 2.53. The van der Waals surface area contributed by atoms with Crippen LogP contribution in [-0.2, 0) is 5.41 Å². The highest BCUT2D eigenvalue weighted by atomic mass is 16.3. The van der Waals surface area contributed by atoms with Crippen LogP contribution in [0.25, 0.3) is 0 Å². The van der Waals surface area contributed by atoms with Crippen molar-refractivity contribution < 1.29 is 5.11 Å². The summed E-state index contributed by atoms with van der Waals surface area (Å²) in [4.78, 5) is 0. The van der Waals surface area contributed by atoms with Gasteiger partial charge in [-0.25, -0.2) is 0 Å². The number of aliphatic hydroxyl groups excluding tert-OH is 1. The first-order valence-electron chi connectivity index (χ1n) is 7.54. The standard InChI is InChI=1S/C18H20N2O/c1-12-6-8-13(9-7-12)18-10-14(11-21)19-17(18)20-16-5-3-2-4-15(16)18/h2-9,14,17,19-21H,10-11H2,1H3/t14-,17+,18+/m0/s1. The van der Waals surface area contributed by atoms with E-state index in [4.69, 9.17) is 0 Å². The second kappa shape index (κ2) is 4.58. The van der Waals surface area contributed by atoms with Crippen molar-refractivity contribution in [2.24, 2.45) is 0 Å². The molecule has 0 amide bonds. The summed E-state index contributed by atoms with van der Waals surface area (Å²) in [6, 6.07) is 17.5. The summed E-state index contributed by atoms with van der Waals surface area (Å²) in [5.74, 6) is 0. The lowest BCUT2D eigenvalue weighted by atomic mass is 9.72. The molecule has 4 rings (SSSR count). The average Bonchev–Trinajstić information content (AvgIpc) is 3.01. The van der Waals surface area contributed by atoms with Crippen molar-refractivity contribution in [1.29, 1.82) is 0 Å². The highest BCUT2D eigenvalue weighted by Crippen LogP contribution is 2.51. The summed E-state index contributed by atoms with van der Waals surface area (Å²) in [5, 5.41) is 16.7. The maximum absolute atomic E-state index is 9.58. The molecule has 3 atom stereocenters. The van der Waals surface area contributed by atoms with Gasteiger partial charge in [0.25, 0.3) is 0 Å². The van der Waals surface area contributed by atoms with Gasteiger partial charge in [0.05, 0.1) is 18.2 Å². The largest absolute Gasteiger partial charge is 0.395 e. The van der Waals surface area contributed by atoms with Gasteiger partial charge in [0, 0.05) is 11.7 Å². The second-order valence-electron chi connectivity index (χ2n) is 6.21. The normalized spacial score (nSPS) is 29.8. The summed E-state index contributed by atoms with van der Waals surface area (Å²) in [6.07, 6.45) is 1.07. The van der Waals surface area contributed by atoms with E-state index < -0.39 is 0 Å². The van der Waals surface area contributed by atoms with Gasteiger partial charge < -0.3 is 10.4 Å². The Labute approximate surface area is 125 Å². The molecule has 3 N–H and O–H groups in total. The van der Waals surface area contributed by atoms with Crippen LogP contribution in [0.2, 0.25) is 0 Å². The quantitative estimate of drug-likeness (QED) is 0.791. The van der Waals surface area contributed by atoms with Gasteiger partial charge in [-0.15, -0.1) is 0 Å².